The number of hydrogen-bond acceptors (Lipinski definition) is 2. The molecule has 1 saturated carbocycles. The molecule has 0 spiro atoms. The van der Waals surface area contributed by atoms with Crippen molar-refractivity contribution in [3.63, 3.8) is 0 Å². The van der Waals surface area contributed by atoms with E-state index in [-0.39, 0.29) is 19.0 Å². The van der Waals surface area contributed by atoms with Gasteiger partial charge in [-0.25, -0.2) is 0 Å². The fourth-order valence-electron chi connectivity index (χ4n) is 2.78. The van der Waals surface area contributed by atoms with Crippen LogP contribution in [0.2, 0.25) is 0 Å². The van der Waals surface area contributed by atoms with Gasteiger partial charge in [-0.1, -0.05) is 0 Å². The molecule has 98 valence electrons. The van der Waals surface area contributed by atoms with Gasteiger partial charge in [-0.15, -0.1) is 0 Å². The number of piperidine rings is 1. The van der Waals surface area contributed by atoms with Crippen molar-refractivity contribution < 1.29 is 23.1 Å². The number of carbonyl (C=O) groups is 1. The number of likely N-dealkylation sites (tertiary alicyclic amines) is 1. The van der Waals surface area contributed by atoms with Crippen molar-refractivity contribution in [2.75, 3.05) is 13.1 Å². The predicted molar refractivity (Wildman–Crippen MR) is 54.5 cm³/mol. The average molecular weight is 251 g/mol. The van der Waals surface area contributed by atoms with E-state index < -0.39 is 24.0 Å². The Balaban J connectivity index is 1.96. The molecule has 6 heteroatoms. The maximum absolute atomic E-state index is 12.6. The van der Waals surface area contributed by atoms with Crippen LogP contribution in [0, 0.1) is 11.8 Å². The summed E-state index contributed by atoms with van der Waals surface area (Å²) in [4.78, 5) is 12.6. The maximum atomic E-state index is 12.6. The van der Waals surface area contributed by atoms with Gasteiger partial charge in [0.15, 0.2) is 0 Å². The van der Waals surface area contributed by atoms with Gasteiger partial charge in [-0.2, -0.15) is 13.2 Å². The summed E-state index contributed by atoms with van der Waals surface area (Å²) in [6.45, 7) is 0.568. The number of carboxylic acids is 1. The van der Waals surface area contributed by atoms with Crippen LogP contribution >= 0.6 is 0 Å². The molecular formula is C11H16F3NO2. The molecule has 1 saturated heterocycles. The number of carboxylic acid groups (broad SMARTS) is 1. The number of alkyl halides is 3. The Morgan fingerprint density at radius 2 is 1.94 bits per heavy atom. The molecular weight excluding hydrogens is 235 g/mol. The number of hydrogen-bond donors (Lipinski definition) is 1. The highest BCUT2D eigenvalue weighted by molar-refractivity contribution is 5.72. The minimum absolute atomic E-state index is 0.0298. The first kappa shape index (κ1) is 12.7. The third kappa shape index (κ3) is 2.56. The van der Waals surface area contributed by atoms with Crippen molar-refractivity contribution >= 4 is 5.97 Å². The summed E-state index contributed by atoms with van der Waals surface area (Å²) in [5.41, 5.74) is 0. The lowest BCUT2D eigenvalue weighted by Crippen LogP contribution is -2.54. The highest BCUT2D eigenvalue weighted by Gasteiger charge is 2.46. The van der Waals surface area contributed by atoms with E-state index in [9.17, 15) is 18.0 Å². The Bertz CT molecular complexity index is 306. The molecule has 1 heterocycles. The van der Waals surface area contributed by atoms with Crippen LogP contribution in [0.5, 0.6) is 0 Å². The van der Waals surface area contributed by atoms with E-state index in [1.165, 1.54) is 0 Å². The van der Waals surface area contributed by atoms with Crippen LogP contribution in [-0.2, 0) is 4.79 Å². The Hall–Kier alpha value is -0.780. The van der Waals surface area contributed by atoms with Crippen LogP contribution in [0.25, 0.3) is 0 Å². The first-order valence-electron chi connectivity index (χ1n) is 5.93. The Labute approximate surface area is 97.6 Å². The number of halogens is 3. The quantitative estimate of drug-likeness (QED) is 0.817. The minimum atomic E-state index is -4.15. The molecule has 3 nitrogen and oxygen atoms in total. The lowest BCUT2D eigenvalue weighted by atomic mass is 9.77. The van der Waals surface area contributed by atoms with Crippen molar-refractivity contribution in [1.82, 2.24) is 4.90 Å². The average Bonchev–Trinajstić information content (AvgIpc) is 2.14. The van der Waals surface area contributed by atoms with Crippen LogP contribution in [0.3, 0.4) is 0 Å². The number of aliphatic carboxylic acids is 1. The van der Waals surface area contributed by atoms with Crippen molar-refractivity contribution in [3.8, 4) is 0 Å². The van der Waals surface area contributed by atoms with Crippen LogP contribution in [0.15, 0.2) is 0 Å². The second-order valence-electron chi connectivity index (χ2n) is 4.97. The topological polar surface area (TPSA) is 40.5 Å². The molecule has 0 aromatic carbocycles. The number of nitrogens with zero attached hydrogens (tertiary/aromatic N) is 1. The largest absolute Gasteiger partial charge is 0.481 e. The second kappa shape index (κ2) is 4.48. The SMILES string of the molecule is O=C(O)C1CCC1N1CCCC(C(F)(F)F)C1. The molecule has 2 fully saturated rings. The zero-order valence-electron chi connectivity index (χ0n) is 9.41. The van der Waals surface area contributed by atoms with E-state index in [2.05, 4.69) is 0 Å². The monoisotopic (exact) mass is 251 g/mol. The van der Waals surface area contributed by atoms with E-state index >= 15 is 0 Å². The van der Waals surface area contributed by atoms with E-state index in [0.717, 1.165) is 0 Å². The van der Waals surface area contributed by atoms with Gasteiger partial charge in [-0.05, 0) is 32.2 Å². The van der Waals surface area contributed by atoms with Crippen LogP contribution in [-0.4, -0.2) is 41.3 Å². The number of rotatable bonds is 2. The summed E-state index contributed by atoms with van der Waals surface area (Å²) in [6.07, 6.45) is -2.17. The van der Waals surface area contributed by atoms with E-state index in [4.69, 9.17) is 5.11 Å². The minimum Gasteiger partial charge on any atom is -0.481 e. The molecule has 2 aliphatic rings. The molecule has 1 N–H and O–H groups in total. The molecule has 0 radical (unpaired) electrons. The van der Waals surface area contributed by atoms with Gasteiger partial charge in [-0.3, -0.25) is 9.69 Å². The molecule has 17 heavy (non-hydrogen) atoms. The predicted octanol–water partition coefficient (Wildman–Crippen LogP) is 2.12. The fourth-order valence-corrected chi connectivity index (χ4v) is 2.78. The van der Waals surface area contributed by atoms with Crippen LogP contribution in [0.1, 0.15) is 25.7 Å². The van der Waals surface area contributed by atoms with Crippen molar-refractivity contribution in [2.45, 2.75) is 37.9 Å². The molecule has 0 aromatic heterocycles. The molecule has 0 amide bonds. The van der Waals surface area contributed by atoms with Gasteiger partial charge in [0, 0.05) is 12.6 Å². The third-order valence-corrected chi connectivity index (χ3v) is 3.94. The van der Waals surface area contributed by atoms with Gasteiger partial charge in [0.2, 0.25) is 0 Å². The highest BCUT2D eigenvalue weighted by Crippen LogP contribution is 2.38. The van der Waals surface area contributed by atoms with Gasteiger partial charge in [0.05, 0.1) is 11.8 Å². The first-order valence-corrected chi connectivity index (χ1v) is 5.93. The second-order valence-corrected chi connectivity index (χ2v) is 4.97. The molecule has 0 aromatic rings. The summed E-state index contributed by atoms with van der Waals surface area (Å²) in [7, 11) is 0. The lowest BCUT2D eigenvalue weighted by molar-refractivity contribution is -0.192. The molecule has 3 atom stereocenters. The summed E-state index contributed by atoms with van der Waals surface area (Å²) < 4.78 is 37.8. The lowest BCUT2D eigenvalue weighted by Gasteiger charge is -2.46. The molecule has 1 aliphatic heterocycles. The maximum Gasteiger partial charge on any atom is 0.393 e. The van der Waals surface area contributed by atoms with E-state index in [1.54, 1.807) is 4.90 Å². The summed E-state index contributed by atoms with van der Waals surface area (Å²) >= 11 is 0. The zero-order valence-corrected chi connectivity index (χ0v) is 9.41. The molecule has 3 unspecified atom stereocenters. The Morgan fingerprint density at radius 1 is 1.24 bits per heavy atom. The third-order valence-electron chi connectivity index (χ3n) is 3.94. The van der Waals surface area contributed by atoms with E-state index in [1.807, 2.05) is 0 Å². The summed E-state index contributed by atoms with van der Waals surface area (Å²) in [6, 6.07) is -0.183. The standard InChI is InChI=1S/C11H16F3NO2/c12-11(13,14)7-2-1-5-15(6-7)9-4-3-8(9)10(16)17/h7-9H,1-6H2,(H,16,17). The van der Waals surface area contributed by atoms with Gasteiger partial charge in [0.25, 0.3) is 0 Å². The van der Waals surface area contributed by atoms with Crippen molar-refractivity contribution in [3.05, 3.63) is 0 Å². The summed E-state index contributed by atoms with van der Waals surface area (Å²) in [5, 5.41) is 8.91. The first-order chi connectivity index (χ1) is 7.89. The smallest absolute Gasteiger partial charge is 0.393 e. The van der Waals surface area contributed by atoms with Gasteiger partial charge >= 0.3 is 12.1 Å². The van der Waals surface area contributed by atoms with Gasteiger partial charge < -0.3 is 5.11 Å². The Kier molecular flexibility index (Phi) is 3.34. The highest BCUT2D eigenvalue weighted by atomic mass is 19.4. The molecule has 2 rings (SSSR count). The van der Waals surface area contributed by atoms with Crippen LogP contribution in [0.4, 0.5) is 13.2 Å². The Morgan fingerprint density at radius 3 is 2.41 bits per heavy atom. The molecule has 0 bridgehead atoms. The zero-order chi connectivity index (χ0) is 12.6. The summed E-state index contributed by atoms with van der Waals surface area (Å²) in [5.74, 6) is -2.64. The normalized spacial score (nSPS) is 35.4. The van der Waals surface area contributed by atoms with Crippen LogP contribution < -0.4 is 0 Å². The fraction of sp³-hybridized carbons (Fsp3) is 0.909. The van der Waals surface area contributed by atoms with Crippen molar-refractivity contribution in [1.29, 1.82) is 0 Å². The van der Waals surface area contributed by atoms with Crippen molar-refractivity contribution in [2.24, 2.45) is 11.8 Å². The molecule has 1 aliphatic carbocycles. The van der Waals surface area contributed by atoms with E-state index in [0.29, 0.717) is 25.8 Å². The van der Waals surface area contributed by atoms with Gasteiger partial charge in [0.1, 0.15) is 0 Å².